The standard InChI is InChI=1S/C24H26O4/c1-15(2)22(27-18(5)20-11-7-16(3)8-12-20)23(24(25)26)28-19(6)21-13-9-17(4)10-14-21/h7-14,22-23H,1,5-6H2,2-4H3,(H,25,26). The predicted molar refractivity (Wildman–Crippen MR) is 113 cm³/mol. The molecule has 0 aliphatic carbocycles. The molecule has 4 nitrogen and oxygen atoms in total. The minimum absolute atomic E-state index is 0.253. The summed E-state index contributed by atoms with van der Waals surface area (Å²) in [6.45, 7) is 17.3. The Kier molecular flexibility index (Phi) is 6.83. The molecule has 28 heavy (non-hydrogen) atoms. The lowest BCUT2D eigenvalue weighted by Crippen LogP contribution is -2.38. The zero-order chi connectivity index (χ0) is 20.8. The van der Waals surface area contributed by atoms with Crippen molar-refractivity contribution in [1.82, 2.24) is 0 Å². The van der Waals surface area contributed by atoms with Crippen LogP contribution in [0.15, 0.2) is 73.8 Å². The molecule has 0 heterocycles. The molecule has 0 aliphatic heterocycles. The number of aliphatic carboxylic acids is 1. The van der Waals surface area contributed by atoms with Crippen molar-refractivity contribution >= 4 is 17.5 Å². The number of hydrogen-bond donors (Lipinski definition) is 1. The van der Waals surface area contributed by atoms with Crippen molar-refractivity contribution in [2.75, 3.05) is 0 Å². The van der Waals surface area contributed by atoms with Crippen LogP contribution in [0.1, 0.15) is 29.2 Å². The summed E-state index contributed by atoms with van der Waals surface area (Å²) in [6.07, 6.45) is -2.23. The van der Waals surface area contributed by atoms with E-state index in [1.807, 2.05) is 62.4 Å². The molecule has 0 bridgehead atoms. The van der Waals surface area contributed by atoms with Gasteiger partial charge in [0.25, 0.3) is 0 Å². The fourth-order valence-corrected chi connectivity index (χ4v) is 2.58. The van der Waals surface area contributed by atoms with E-state index in [-0.39, 0.29) is 5.76 Å². The lowest BCUT2D eigenvalue weighted by molar-refractivity contribution is -0.150. The number of carbonyl (C=O) groups is 1. The Balaban J connectivity index is 2.21. The molecule has 0 saturated carbocycles. The molecule has 2 aromatic carbocycles. The van der Waals surface area contributed by atoms with Gasteiger partial charge in [-0.3, -0.25) is 0 Å². The Bertz CT molecular complexity index is 800. The van der Waals surface area contributed by atoms with Gasteiger partial charge in [0, 0.05) is 11.1 Å². The first-order valence-electron chi connectivity index (χ1n) is 8.92. The van der Waals surface area contributed by atoms with Crippen LogP contribution in [0, 0.1) is 13.8 Å². The Morgan fingerprint density at radius 1 is 0.786 bits per heavy atom. The molecule has 2 rings (SSSR count). The Hall–Kier alpha value is -3.27. The number of benzene rings is 2. The van der Waals surface area contributed by atoms with Crippen molar-refractivity contribution in [3.05, 3.63) is 96.1 Å². The number of aryl methyl sites for hydroxylation is 2. The predicted octanol–water partition coefficient (Wildman–Crippen LogP) is 5.38. The van der Waals surface area contributed by atoms with E-state index in [0.717, 1.165) is 16.7 Å². The summed E-state index contributed by atoms with van der Waals surface area (Å²) >= 11 is 0. The van der Waals surface area contributed by atoms with E-state index in [0.29, 0.717) is 16.9 Å². The van der Waals surface area contributed by atoms with Crippen molar-refractivity contribution < 1.29 is 19.4 Å². The second-order valence-electron chi connectivity index (χ2n) is 6.84. The number of carboxylic acids is 1. The maximum atomic E-state index is 11.9. The van der Waals surface area contributed by atoms with Crippen molar-refractivity contribution in [2.45, 2.75) is 33.0 Å². The van der Waals surface area contributed by atoms with Crippen molar-refractivity contribution in [1.29, 1.82) is 0 Å². The lowest BCUT2D eigenvalue weighted by Gasteiger charge is -2.27. The first kappa shape index (κ1) is 21.0. The number of carboxylic acid groups (broad SMARTS) is 1. The normalized spacial score (nSPS) is 12.5. The van der Waals surface area contributed by atoms with E-state index in [9.17, 15) is 9.90 Å². The number of hydrogen-bond acceptors (Lipinski definition) is 3. The second kappa shape index (κ2) is 9.09. The maximum Gasteiger partial charge on any atom is 0.349 e. The second-order valence-corrected chi connectivity index (χ2v) is 6.84. The minimum Gasteiger partial charge on any atom is -0.482 e. The third-order valence-corrected chi connectivity index (χ3v) is 4.29. The van der Waals surface area contributed by atoms with Crippen LogP contribution in [0.4, 0.5) is 0 Å². The van der Waals surface area contributed by atoms with E-state index < -0.39 is 18.2 Å². The minimum atomic E-state index is -1.31. The van der Waals surface area contributed by atoms with Crippen LogP contribution < -0.4 is 0 Å². The van der Waals surface area contributed by atoms with Gasteiger partial charge in [0.1, 0.15) is 11.5 Å². The average molecular weight is 378 g/mol. The zero-order valence-electron chi connectivity index (χ0n) is 16.6. The molecule has 146 valence electrons. The molecule has 0 spiro atoms. The highest BCUT2D eigenvalue weighted by Crippen LogP contribution is 2.26. The van der Waals surface area contributed by atoms with Gasteiger partial charge in [0.05, 0.1) is 0 Å². The van der Waals surface area contributed by atoms with Crippen LogP contribution in [0.25, 0.3) is 11.5 Å². The van der Waals surface area contributed by atoms with E-state index in [4.69, 9.17) is 9.47 Å². The fourth-order valence-electron chi connectivity index (χ4n) is 2.58. The van der Waals surface area contributed by atoms with Gasteiger partial charge in [-0.1, -0.05) is 79.4 Å². The van der Waals surface area contributed by atoms with Crippen LogP contribution in [0.2, 0.25) is 0 Å². The summed E-state index contributed by atoms with van der Waals surface area (Å²) in [5.41, 5.74) is 4.17. The molecule has 4 heteroatoms. The SMILES string of the molecule is C=C(OC(C(=C)C)C(OC(=C)c1ccc(C)cc1)C(=O)O)c1ccc(C)cc1. The van der Waals surface area contributed by atoms with Crippen molar-refractivity contribution in [2.24, 2.45) is 0 Å². The van der Waals surface area contributed by atoms with Crippen LogP contribution in [-0.4, -0.2) is 23.3 Å². The van der Waals surface area contributed by atoms with Gasteiger partial charge < -0.3 is 14.6 Å². The summed E-state index contributed by atoms with van der Waals surface area (Å²) < 4.78 is 11.6. The Morgan fingerprint density at radius 2 is 1.14 bits per heavy atom. The maximum absolute atomic E-state index is 11.9. The summed E-state index contributed by atoms with van der Waals surface area (Å²) in [6, 6.07) is 15.1. The molecule has 0 aromatic heterocycles. The van der Waals surface area contributed by atoms with Gasteiger partial charge in [-0.05, 0) is 26.3 Å². The number of ether oxygens (including phenoxy) is 2. The van der Waals surface area contributed by atoms with Gasteiger partial charge in [0.15, 0.2) is 6.10 Å². The molecular weight excluding hydrogens is 352 g/mol. The summed E-state index contributed by atoms with van der Waals surface area (Å²) in [5.74, 6) is -0.565. The smallest absolute Gasteiger partial charge is 0.349 e. The number of rotatable bonds is 9. The van der Waals surface area contributed by atoms with Gasteiger partial charge in [-0.15, -0.1) is 0 Å². The third kappa shape index (κ3) is 5.36. The zero-order valence-corrected chi connectivity index (χ0v) is 16.6. The van der Waals surface area contributed by atoms with Crippen LogP contribution in [-0.2, 0) is 14.3 Å². The highest BCUT2D eigenvalue weighted by atomic mass is 16.6. The molecule has 2 atom stereocenters. The van der Waals surface area contributed by atoms with Crippen LogP contribution >= 0.6 is 0 Å². The van der Waals surface area contributed by atoms with Gasteiger partial charge in [0.2, 0.25) is 6.10 Å². The quantitative estimate of drug-likeness (QED) is 0.470. The van der Waals surface area contributed by atoms with Crippen LogP contribution in [0.5, 0.6) is 0 Å². The molecule has 0 radical (unpaired) electrons. The van der Waals surface area contributed by atoms with Gasteiger partial charge in [-0.25, -0.2) is 4.79 Å². The summed E-state index contributed by atoms with van der Waals surface area (Å²) in [5, 5.41) is 9.74. The molecule has 1 N–H and O–H groups in total. The van der Waals surface area contributed by atoms with E-state index in [1.165, 1.54) is 0 Å². The molecule has 0 fully saturated rings. The average Bonchev–Trinajstić information content (AvgIpc) is 2.64. The molecule has 2 aromatic rings. The van der Waals surface area contributed by atoms with Crippen molar-refractivity contribution in [3.63, 3.8) is 0 Å². The summed E-state index contributed by atoms with van der Waals surface area (Å²) in [4.78, 5) is 11.9. The molecule has 0 aliphatic rings. The topological polar surface area (TPSA) is 55.8 Å². The van der Waals surface area contributed by atoms with Gasteiger partial charge >= 0.3 is 5.97 Å². The fraction of sp³-hybridized carbons (Fsp3) is 0.208. The molecular formula is C24H26O4. The Morgan fingerprint density at radius 3 is 1.46 bits per heavy atom. The monoisotopic (exact) mass is 378 g/mol. The van der Waals surface area contributed by atoms with Crippen LogP contribution in [0.3, 0.4) is 0 Å². The summed E-state index contributed by atoms with van der Waals surface area (Å²) in [7, 11) is 0. The van der Waals surface area contributed by atoms with E-state index >= 15 is 0 Å². The first-order valence-corrected chi connectivity index (χ1v) is 8.92. The third-order valence-electron chi connectivity index (χ3n) is 4.29. The molecule has 0 amide bonds. The largest absolute Gasteiger partial charge is 0.482 e. The highest BCUT2D eigenvalue weighted by Gasteiger charge is 2.34. The van der Waals surface area contributed by atoms with E-state index in [2.05, 4.69) is 19.7 Å². The molecule has 0 saturated heterocycles. The van der Waals surface area contributed by atoms with Crippen molar-refractivity contribution in [3.8, 4) is 0 Å². The van der Waals surface area contributed by atoms with E-state index in [1.54, 1.807) is 6.92 Å². The van der Waals surface area contributed by atoms with Gasteiger partial charge in [-0.2, -0.15) is 0 Å². The molecule has 2 unspecified atom stereocenters. The Labute approximate surface area is 166 Å². The highest BCUT2D eigenvalue weighted by molar-refractivity contribution is 5.76. The lowest BCUT2D eigenvalue weighted by atomic mass is 10.1. The first-order chi connectivity index (χ1) is 13.2.